The molecule has 1 aliphatic heterocycles. The molecular weight excluding hydrogens is 514 g/mol. The third-order valence-electron chi connectivity index (χ3n) is 6.85. The van der Waals surface area contributed by atoms with Gasteiger partial charge in [-0.3, -0.25) is 19.5 Å². The molecule has 39 heavy (non-hydrogen) atoms. The summed E-state index contributed by atoms with van der Waals surface area (Å²) in [5, 5.41) is 12.1. The molecule has 1 aliphatic rings. The van der Waals surface area contributed by atoms with E-state index in [0.717, 1.165) is 15.8 Å². The summed E-state index contributed by atoms with van der Waals surface area (Å²) in [5.41, 5.74) is 2.67. The number of nitrogens with zero attached hydrogens (tertiary/aromatic N) is 3. The summed E-state index contributed by atoms with van der Waals surface area (Å²) in [6, 6.07) is 15.4. The van der Waals surface area contributed by atoms with Crippen molar-refractivity contribution in [3.05, 3.63) is 95.2 Å². The molecule has 0 saturated carbocycles. The minimum atomic E-state index is -0.948. The molecule has 4 heterocycles. The molecule has 0 saturated heterocycles. The fourth-order valence-corrected chi connectivity index (χ4v) is 5.84. The van der Waals surface area contributed by atoms with Crippen LogP contribution in [-0.4, -0.2) is 33.9 Å². The van der Waals surface area contributed by atoms with Gasteiger partial charge in [0.25, 0.3) is 5.91 Å². The number of pyridine rings is 1. The summed E-state index contributed by atoms with van der Waals surface area (Å²) < 4.78 is 12.2. The third-order valence-corrected chi connectivity index (χ3v) is 7.87. The van der Waals surface area contributed by atoms with E-state index < -0.39 is 23.5 Å². The Morgan fingerprint density at radius 1 is 1.13 bits per heavy atom. The van der Waals surface area contributed by atoms with Crippen LogP contribution in [0.25, 0.3) is 21.2 Å². The molecule has 9 heteroatoms. The van der Waals surface area contributed by atoms with Crippen LogP contribution in [-0.2, 0) is 10.2 Å². The van der Waals surface area contributed by atoms with Crippen LogP contribution in [0.3, 0.4) is 0 Å². The number of Topliss-reactive ketones (excluding diaryl/α,β-unsaturated/α-hetero) is 1. The number of carbonyl (C=O) groups excluding carboxylic acids is 2. The Kier molecular flexibility index (Phi) is 5.76. The molecule has 2 aromatic carbocycles. The molecule has 196 valence electrons. The standard InChI is InChI=1S/C30H25N3O5S/c1-30(2,3)18-10-11-19-22(14-18)39-29(32-19)33-24(17-8-6-12-31-15-17)23(26(35)28(33)36)25(34)21-13-16-7-5-9-20(37-4)27(16)38-21/h5-15,24,35H,1-4H3. The smallest absolute Gasteiger partial charge is 0.296 e. The highest BCUT2D eigenvalue weighted by Crippen LogP contribution is 2.45. The zero-order chi connectivity index (χ0) is 27.5. The molecule has 1 amide bonds. The van der Waals surface area contributed by atoms with Crippen molar-refractivity contribution >= 4 is 49.3 Å². The molecule has 0 radical (unpaired) electrons. The molecule has 5 aromatic rings. The summed E-state index contributed by atoms with van der Waals surface area (Å²) in [6.45, 7) is 6.39. The monoisotopic (exact) mass is 539 g/mol. The topological polar surface area (TPSA) is 106 Å². The van der Waals surface area contributed by atoms with E-state index in [1.807, 2.05) is 12.1 Å². The van der Waals surface area contributed by atoms with Crippen LogP contribution in [0.2, 0.25) is 0 Å². The largest absolute Gasteiger partial charge is 0.503 e. The number of aliphatic hydroxyl groups excluding tert-OH is 1. The lowest BCUT2D eigenvalue weighted by molar-refractivity contribution is -0.117. The first-order valence-corrected chi connectivity index (χ1v) is 13.2. The van der Waals surface area contributed by atoms with Gasteiger partial charge in [0.05, 0.1) is 28.9 Å². The number of rotatable bonds is 5. The van der Waals surface area contributed by atoms with Crippen molar-refractivity contribution in [2.24, 2.45) is 0 Å². The molecular formula is C30H25N3O5S. The van der Waals surface area contributed by atoms with Gasteiger partial charge in [0.1, 0.15) is 0 Å². The number of ketones is 1. The molecule has 3 aromatic heterocycles. The highest BCUT2D eigenvalue weighted by atomic mass is 32.1. The zero-order valence-corrected chi connectivity index (χ0v) is 22.6. The fourth-order valence-electron chi connectivity index (χ4n) is 4.81. The number of para-hydroxylation sites is 1. The number of thiazole rings is 1. The number of methoxy groups -OCH3 is 1. The number of hydrogen-bond acceptors (Lipinski definition) is 8. The summed E-state index contributed by atoms with van der Waals surface area (Å²) in [7, 11) is 1.52. The summed E-state index contributed by atoms with van der Waals surface area (Å²) in [5.74, 6) is -1.50. The molecule has 0 spiro atoms. The van der Waals surface area contributed by atoms with E-state index in [-0.39, 0.29) is 16.7 Å². The second-order valence-electron chi connectivity index (χ2n) is 10.4. The fraction of sp³-hybridized carbons (Fsp3) is 0.200. The zero-order valence-electron chi connectivity index (χ0n) is 21.8. The molecule has 1 unspecified atom stereocenters. The van der Waals surface area contributed by atoms with Gasteiger partial charge in [-0.05, 0) is 46.9 Å². The summed E-state index contributed by atoms with van der Waals surface area (Å²) >= 11 is 1.33. The van der Waals surface area contributed by atoms with E-state index in [0.29, 0.717) is 27.4 Å². The maximum Gasteiger partial charge on any atom is 0.296 e. The first kappa shape index (κ1) is 24.8. The first-order chi connectivity index (χ1) is 18.7. The van der Waals surface area contributed by atoms with Gasteiger partial charge in [-0.15, -0.1) is 0 Å². The predicted octanol–water partition coefficient (Wildman–Crippen LogP) is 6.53. The number of aromatic nitrogens is 2. The van der Waals surface area contributed by atoms with Crippen molar-refractivity contribution in [1.29, 1.82) is 0 Å². The Bertz CT molecular complexity index is 1800. The van der Waals surface area contributed by atoms with E-state index in [9.17, 15) is 14.7 Å². The van der Waals surface area contributed by atoms with Crippen LogP contribution >= 0.6 is 11.3 Å². The van der Waals surface area contributed by atoms with Gasteiger partial charge in [0.2, 0.25) is 5.78 Å². The van der Waals surface area contributed by atoms with Gasteiger partial charge in [-0.25, -0.2) is 4.98 Å². The Balaban J connectivity index is 1.48. The van der Waals surface area contributed by atoms with E-state index in [2.05, 4.69) is 31.8 Å². The Hall–Kier alpha value is -4.50. The maximum absolute atomic E-state index is 13.9. The number of hydrogen-bond donors (Lipinski definition) is 1. The number of benzene rings is 2. The Labute approximate surface area is 228 Å². The molecule has 0 bridgehead atoms. The number of furan rings is 1. The lowest BCUT2D eigenvalue weighted by atomic mass is 9.87. The molecule has 8 nitrogen and oxygen atoms in total. The average molecular weight is 540 g/mol. The van der Waals surface area contributed by atoms with Gasteiger partial charge in [0, 0.05) is 17.8 Å². The van der Waals surface area contributed by atoms with Crippen LogP contribution in [0.5, 0.6) is 5.75 Å². The molecule has 0 fully saturated rings. The second-order valence-corrected chi connectivity index (χ2v) is 11.4. The minimum Gasteiger partial charge on any atom is -0.503 e. The number of carbonyl (C=O) groups is 2. The number of ether oxygens (including phenoxy) is 1. The molecule has 1 atom stereocenters. The van der Waals surface area contributed by atoms with E-state index in [1.54, 1.807) is 48.8 Å². The van der Waals surface area contributed by atoms with Crippen LogP contribution in [0.15, 0.2) is 82.7 Å². The lowest BCUT2D eigenvalue weighted by Crippen LogP contribution is -2.31. The lowest BCUT2D eigenvalue weighted by Gasteiger charge is -2.23. The SMILES string of the molecule is COc1cccc2cc(C(=O)C3=C(O)C(=O)N(c4nc5ccc(C(C)(C)C)cc5s4)C3c3cccnc3)oc12. The summed E-state index contributed by atoms with van der Waals surface area (Å²) in [6.07, 6.45) is 3.18. The van der Waals surface area contributed by atoms with Crippen LogP contribution in [0.1, 0.15) is 48.5 Å². The normalized spacial score (nSPS) is 16.1. The predicted molar refractivity (Wildman–Crippen MR) is 150 cm³/mol. The molecule has 1 N–H and O–H groups in total. The van der Waals surface area contributed by atoms with E-state index in [4.69, 9.17) is 14.1 Å². The van der Waals surface area contributed by atoms with Gasteiger partial charge >= 0.3 is 0 Å². The van der Waals surface area contributed by atoms with Crippen LogP contribution in [0, 0.1) is 0 Å². The van der Waals surface area contributed by atoms with Gasteiger partial charge < -0.3 is 14.3 Å². The number of aliphatic hydroxyl groups is 1. The minimum absolute atomic E-state index is 0.0151. The van der Waals surface area contributed by atoms with Crippen molar-refractivity contribution in [3.63, 3.8) is 0 Å². The number of anilines is 1. The van der Waals surface area contributed by atoms with Gasteiger partial charge in [-0.1, -0.05) is 56.4 Å². The van der Waals surface area contributed by atoms with Crippen LogP contribution in [0.4, 0.5) is 5.13 Å². The highest BCUT2D eigenvalue weighted by molar-refractivity contribution is 7.22. The maximum atomic E-state index is 13.9. The summed E-state index contributed by atoms with van der Waals surface area (Å²) in [4.78, 5) is 37.7. The van der Waals surface area contributed by atoms with Crippen molar-refractivity contribution in [1.82, 2.24) is 9.97 Å². The third kappa shape index (κ3) is 4.06. The highest BCUT2D eigenvalue weighted by Gasteiger charge is 2.46. The van der Waals surface area contributed by atoms with E-state index in [1.165, 1.54) is 23.3 Å². The molecule has 6 rings (SSSR count). The van der Waals surface area contributed by atoms with Crippen LogP contribution < -0.4 is 9.64 Å². The van der Waals surface area contributed by atoms with Gasteiger partial charge in [0.15, 0.2) is 28.0 Å². The van der Waals surface area contributed by atoms with Gasteiger partial charge in [-0.2, -0.15) is 0 Å². The quantitative estimate of drug-likeness (QED) is 0.253. The first-order valence-electron chi connectivity index (χ1n) is 12.4. The Morgan fingerprint density at radius 2 is 1.95 bits per heavy atom. The van der Waals surface area contributed by atoms with E-state index >= 15 is 0 Å². The number of amides is 1. The van der Waals surface area contributed by atoms with Crippen molar-refractivity contribution in [2.75, 3.05) is 12.0 Å². The second kappa shape index (κ2) is 9.06. The van der Waals surface area contributed by atoms with Crippen molar-refractivity contribution in [2.45, 2.75) is 32.2 Å². The van der Waals surface area contributed by atoms with Crippen molar-refractivity contribution < 1.29 is 23.8 Å². The molecule has 0 aliphatic carbocycles. The average Bonchev–Trinajstić information content (AvgIpc) is 3.62. The number of fused-ring (bicyclic) bond motifs is 2. The van der Waals surface area contributed by atoms with Crippen molar-refractivity contribution in [3.8, 4) is 5.75 Å². The Morgan fingerprint density at radius 3 is 2.67 bits per heavy atom.